The summed E-state index contributed by atoms with van der Waals surface area (Å²) in [4.78, 5) is 24.3. The molecule has 2 heterocycles. The molecule has 0 amide bonds. The lowest BCUT2D eigenvalue weighted by Gasteiger charge is -2.12. The standard InChI is InChI=1S/C26H24Cl2N4O5/c1-26(7-8-26)37-25-22-24(29-15-30-25)32(13-16-3-2-4-17(27)11-16)23(31-22)19-6-5-18(12-20(19)28)36-10-9-35-14-21(33)34/h2-6,11-12,15H,7-10,13-14H2,1H3,(H,33,34). The number of ether oxygens (including phenoxy) is 3. The molecule has 2 aromatic carbocycles. The second-order valence-corrected chi connectivity index (χ2v) is 9.83. The van der Waals surface area contributed by atoms with Crippen LogP contribution in [0, 0.1) is 0 Å². The van der Waals surface area contributed by atoms with Crippen LogP contribution in [0.15, 0.2) is 48.8 Å². The van der Waals surface area contributed by atoms with E-state index in [1.165, 1.54) is 6.33 Å². The van der Waals surface area contributed by atoms with Gasteiger partial charge in [-0.1, -0.05) is 35.3 Å². The molecule has 37 heavy (non-hydrogen) atoms. The zero-order chi connectivity index (χ0) is 26.0. The van der Waals surface area contributed by atoms with Gasteiger partial charge < -0.3 is 23.9 Å². The second-order valence-electron chi connectivity index (χ2n) is 8.99. The highest BCUT2D eigenvalue weighted by Crippen LogP contribution is 2.41. The van der Waals surface area contributed by atoms with Crippen LogP contribution in [0.2, 0.25) is 10.0 Å². The Morgan fingerprint density at radius 3 is 2.70 bits per heavy atom. The third-order valence-corrected chi connectivity index (χ3v) is 6.48. The van der Waals surface area contributed by atoms with Crippen molar-refractivity contribution in [3.63, 3.8) is 0 Å². The monoisotopic (exact) mass is 542 g/mol. The van der Waals surface area contributed by atoms with E-state index in [4.69, 9.17) is 47.5 Å². The number of hydrogen-bond acceptors (Lipinski definition) is 7. The third-order valence-electron chi connectivity index (χ3n) is 5.93. The molecule has 9 nitrogen and oxygen atoms in total. The van der Waals surface area contributed by atoms with Crippen LogP contribution in [0.5, 0.6) is 11.6 Å². The fourth-order valence-corrected chi connectivity index (χ4v) is 4.29. The van der Waals surface area contributed by atoms with Crippen molar-refractivity contribution in [3.8, 4) is 23.0 Å². The van der Waals surface area contributed by atoms with Crippen molar-refractivity contribution in [3.05, 3.63) is 64.4 Å². The lowest BCUT2D eigenvalue weighted by atomic mass is 10.2. The van der Waals surface area contributed by atoms with Gasteiger partial charge in [-0.05, 0) is 55.7 Å². The first-order chi connectivity index (χ1) is 17.8. The van der Waals surface area contributed by atoms with E-state index in [-0.39, 0.29) is 25.4 Å². The predicted octanol–water partition coefficient (Wildman–Crippen LogP) is 5.26. The topological polar surface area (TPSA) is 109 Å². The van der Waals surface area contributed by atoms with Gasteiger partial charge >= 0.3 is 5.97 Å². The van der Waals surface area contributed by atoms with Crippen LogP contribution < -0.4 is 9.47 Å². The van der Waals surface area contributed by atoms with Gasteiger partial charge in [0, 0.05) is 10.6 Å². The highest BCUT2D eigenvalue weighted by Gasteiger charge is 2.41. The van der Waals surface area contributed by atoms with Crippen molar-refractivity contribution in [2.45, 2.75) is 31.9 Å². The SMILES string of the molecule is CC1(Oc2ncnc3c2nc(-c2ccc(OCCOCC(=O)O)cc2Cl)n3Cc2cccc(Cl)c2)CC1. The molecular formula is C26H24Cl2N4O5. The van der Waals surface area contributed by atoms with Crippen molar-refractivity contribution >= 4 is 40.3 Å². The van der Waals surface area contributed by atoms with E-state index >= 15 is 0 Å². The molecule has 1 aliphatic carbocycles. The normalized spacial score (nSPS) is 14.0. The van der Waals surface area contributed by atoms with Gasteiger partial charge in [0.05, 0.1) is 18.2 Å². The number of aliphatic carboxylic acids is 1. The minimum Gasteiger partial charge on any atom is -0.491 e. The molecule has 0 aliphatic heterocycles. The second kappa shape index (κ2) is 10.5. The summed E-state index contributed by atoms with van der Waals surface area (Å²) in [6, 6.07) is 12.9. The van der Waals surface area contributed by atoms with Crippen molar-refractivity contribution < 1.29 is 24.1 Å². The minimum absolute atomic E-state index is 0.140. The summed E-state index contributed by atoms with van der Waals surface area (Å²) in [7, 11) is 0. The van der Waals surface area contributed by atoms with Crippen LogP contribution in [0.3, 0.4) is 0 Å². The number of halogens is 2. The fraction of sp³-hybridized carbons (Fsp3) is 0.308. The minimum atomic E-state index is -1.03. The van der Waals surface area contributed by atoms with Crippen LogP contribution in [-0.2, 0) is 16.1 Å². The average Bonchev–Trinajstić information content (AvgIpc) is 3.47. The van der Waals surface area contributed by atoms with E-state index in [1.807, 2.05) is 41.8 Å². The molecule has 1 fully saturated rings. The lowest BCUT2D eigenvalue weighted by molar-refractivity contribution is -0.142. The summed E-state index contributed by atoms with van der Waals surface area (Å²) in [6.07, 6.45) is 3.40. The Morgan fingerprint density at radius 1 is 1.14 bits per heavy atom. The van der Waals surface area contributed by atoms with Crippen LogP contribution in [-0.4, -0.2) is 56.0 Å². The molecule has 0 unspecified atom stereocenters. The van der Waals surface area contributed by atoms with Gasteiger partial charge in [0.1, 0.15) is 36.7 Å². The lowest BCUT2D eigenvalue weighted by Crippen LogP contribution is -2.13. The van der Waals surface area contributed by atoms with Gasteiger partial charge in [-0.3, -0.25) is 0 Å². The number of carboxylic acids is 1. The van der Waals surface area contributed by atoms with Crippen LogP contribution in [0.4, 0.5) is 0 Å². The molecule has 11 heteroatoms. The predicted molar refractivity (Wildman–Crippen MR) is 139 cm³/mol. The Bertz CT molecular complexity index is 1450. The Kier molecular flexibility index (Phi) is 7.19. The highest BCUT2D eigenvalue weighted by atomic mass is 35.5. The van der Waals surface area contributed by atoms with E-state index in [0.717, 1.165) is 18.4 Å². The van der Waals surface area contributed by atoms with E-state index in [0.29, 0.717) is 50.8 Å². The van der Waals surface area contributed by atoms with Crippen LogP contribution >= 0.6 is 23.2 Å². The summed E-state index contributed by atoms with van der Waals surface area (Å²) < 4.78 is 18.8. The molecule has 0 spiro atoms. The molecule has 0 radical (unpaired) electrons. The van der Waals surface area contributed by atoms with Crippen LogP contribution in [0.1, 0.15) is 25.3 Å². The number of rotatable bonds is 11. The molecular weight excluding hydrogens is 519 g/mol. The number of carbonyl (C=O) groups is 1. The number of hydrogen-bond donors (Lipinski definition) is 1. The molecule has 5 rings (SSSR count). The van der Waals surface area contributed by atoms with E-state index < -0.39 is 5.97 Å². The number of aromatic nitrogens is 4. The third kappa shape index (κ3) is 5.95. The molecule has 192 valence electrons. The smallest absolute Gasteiger partial charge is 0.329 e. The van der Waals surface area contributed by atoms with Gasteiger partial charge in [0.15, 0.2) is 11.2 Å². The maximum absolute atomic E-state index is 10.6. The molecule has 2 aromatic heterocycles. The maximum atomic E-state index is 10.6. The molecule has 0 bridgehead atoms. The van der Waals surface area contributed by atoms with Gasteiger partial charge in [0.25, 0.3) is 0 Å². The first kappa shape index (κ1) is 25.3. The fourth-order valence-electron chi connectivity index (χ4n) is 3.82. The first-order valence-electron chi connectivity index (χ1n) is 11.7. The molecule has 1 N–H and O–H groups in total. The summed E-state index contributed by atoms with van der Waals surface area (Å²) >= 11 is 12.9. The quantitative estimate of drug-likeness (QED) is 0.255. The Morgan fingerprint density at radius 2 is 1.97 bits per heavy atom. The molecule has 0 saturated heterocycles. The largest absolute Gasteiger partial charge is 0.491 e. The summed E-state index contributed by atoms with van der Waals surface area (Å²) in [6.45, 7) is 2.45. The van der Waals surface area contributed by atoms with Gasteiger partial charge in [-0.25, -0.2) is 14.8 Å². The van der Waals surface area contributed by atoms with Gasteiger partial charge in [-0.2, -0.15) is 4.98 Å². The Labute approximate surface area is 222 Å². The van der Waals surface area contributed by atoms with Crippen molar-refractivity contribution in [1.82, 2.24) is 19.5 Å². The summed E-state index contributed by atoms with van der Waals surface area (Å²) in [5.41, 5.74) is 2.60. The first-order valence-corrected chi connectivity index (χ1v) is 12.4. The number of benzene rings is 2. The van der Waals surface area contributed by atoms with Crippen molar-refractivity contribution in [2.24, 2.45) is 0 Å². The Balaban J connectivity index is 1.49. The molecule has 1 saturated carbocycles. The zero-order valence-corrected chi connectivity index (χ0v) is 21.5. The molecule has 4 aromatic rings. The number of nitrogens with zero attached hydrogens (tertiary/aromatic N) is 4. The Hall–Kier alpha value is -3.40. The molecule has 1 aliphatic rings. The molecule has 0 atom stereocenters. The van der Waals surface area contributed by atoms with Crippen LogP contribution in [0.25, 0.3) is 22.6 Å². The van der Waals surface area contributed by atoms with Gasteiger partial charge in [0.2, 0.25) is 5.88 Å². The average molecular weight is 543 g/mol. The van der Waals surface area contributed by atoms with Crippen molar-refractivity contribution in [1.29, 1.82) is 0 Å². The zero-order valence-electron chi connectivity index (χ0n) is 20.0. The number of imidazole rings is 1. The van der Waals surface area contributed by atoms with E-state index in [9.17, 15) is 4.79 Å². The van der Waals surface area contributed by atoms with Crippen molar-refractivity contribution in [2.75, 3.05) is 19.8 Å². The summed E-state index contributed by atoms with van der Waals surface area (Å²) in [5.74, 6) is 0.532. The number of fused-ring (bicyclic) bond motifs is 1. The van der Waals surface area contributed by atoms with Gasteiger partial charge in [-0.15, -0.1) is 0 Å². The van der Waals surface area contributed by atoms with E-state index in [2.05, 4.69) is 9.97 Å². The number of carboxylic acid groups (broad SMARTS) is 1. The van der Waals surface area contributed by atoms with E-state index in [1.54, 1.807) is 12.1 Å². The highest BCUT2D eigenvalue weighted by molar-refractivity contribution is 6.33. The maximum Gasteiger partial charge on any atom is 0.329 e. The summed E-state index contributed by atoms with van der Waals surface area (Å²) in [5, 5.41) is 9.71.